The van der Waals surface area contributed by atoms with Gasteiger partial charge in [-0.3, -0.25) is 9.59 Å². The first-order chi connectivity index (χ1) is 12.0. The molecule has 0 radical (unpaired) electrons. The van der Waals surface area contributed by atoms with E-state index in [9.17, 15) is 9.59 Å². The van der Waals surface area contributed by atoms with Crippen LogP contribution in [-0.2, 0) is 11.2 Å². The highest BCUT2D eigenvalue weighted by Gasteiger charge is 2.07. The van der Waals surface area contributed by atoms with Crippen molar-refractivity contribution in [3.05, 3.63) is 81.8 Å². The molecule has 3 rings (SSSR count). The molecule has 0 saturated heterocycles. The Labute approximate surface area is 145 Å². The Kier molecular flexibility index (Phi) is 4.75. The van der Waals surface area contributed by atoms with E-state index < -0.39 is 0 Å². The Morgan fingerprint density at radius 1 is 1.08 bits per heavy atom. The number of nitrogens with zero attached hydrogens (tertiary/aromatic N) is 1. The molecule has 5 heteroatoms. The lowest BCUT2D eigenvalue weighted by molar-refractivity contribution is -0.115. The average Bonchev–Trinajstić information content (AvgIpc) is 2.56. The van der Waals surface area contributed by atoms with Gasteiger partial charge in [-0.25, -0.2) is 4.98 Å². The van der Waals surface area contributed by atoms with E-state index in [1.165, 1.54) is 6.07 Å². The second-order valence-electron chi connectivity index (χ2n) is 6.03. The van der Waals surface area contributed by atoms with E-state index in [2.05, 4.69) is 15.3 Å². The first kappa shape index (κ1) is 16.6. The number of amides is 1. The van der Waals surface area contributed by atoms with Gasteiger partial charge in [0.1, 0.15) is 5.82 Å². The maximum atomic E-state index is 12.2. The van der Waals surface area contributed by atoms with Crippen molar-refractivity contribution in [2.75, 3.05) is 5.32 Å². The van der Waals surface area contributed by atoms with Gasteiger partial charge in [0.15, 0.2) is 0 Å². The summed E-state index contributed by atoms with van der Waals surface area (Å²) in [6.07, 6.45) is 0.310. The van der Waals surface area contributed by atoms with Crippen molar-refractivity contribution in [3.8, 4) is 11.4 Å². The average molecular weight is 333 g/mol. The molecule has 2 N–H and O–H groups in total. The molecule has 1 aromatic heterocycles. The summed E-state index contributed by atoms with van der Waals surface area (Å²) in [5.74, 6) is 0.395. The van der Waals surface area contributed by atoms with Gasteiger partial charge in [-0.15, -0.1) is 0 Å². The molecular weight excluding hydrogens is 314 g/mol. The molecule has 0 spiro atoms. The van der Waals surface area contributed by atoms with E-state index in [-0.39, 0.29) is 11.5 Å². The summed E-state index contributed by atoms with van der Waals surface area (Å²) in [5, 5.41) is 2.89. The molecule has 2 aromatic carbocycles. The summed E-state index contributed by atoms with van der Waals surface area (Å²) in [7, 11) is 0. The van der Waals surface area contributed by atoms with Crippen molar-refractivity contribution in [2.24, 2.45) is 0 Å². The molecule has 0 aliphatic carbocycles. The Balaban J connectivity index is 1.76. The van der Waals surface area contributed by atoms with Gasteiger partial charge in [-0.1, -0.05) is 42.0 Å². The maximum Gasteiger partial charge on any atom is 0.251 e. The molecule has 25 heavy (non-hydrogen) atoms. The summed E-state index contributed by atoms with van der Waals surface area (Å²) in [4.78, 5) is 30.9. The molecule has 0 atom stereocenters. The number of benzene rings is 2. The van der Waals surface area contributed by atoms with E-state index in [1.54, 1.807) is 13.0 Å². The van der Waals surface area contributed by atoms with Crippen LogP contribution in [0.15, 0.2) is 59.4 Å². The molecule has 0 aliphatic heterocycles. The van der Waals surface area contributed by atoms with Crippen molar-refractivity contribution >= 4 is 11.6 Å². The Morgan fingerprint density at radius 3 is 2.56 bits per heavy atom. The summed E-state index contributed by atoms with van der Waals surface area (Å²) >= 11 is 0. The fourth-order valence-corrected chi connectivity index (χ4v) is 2.56. The van der Waals surface area contributed by atoms with E-state index in [1.807, 2.05) is 49.4 Å². The Hall–Kier alpha value is -3.21. The molecular formula is C20H19N3O2. The number of carbonyl (C=O) groups excluding carboxylic acids is 1. The lowest BCUT2D eigenvalue weighted by atomic mass is 10.1. The molecule has 0 saturated carbocycles. The van der Waals surface area contributed by atoms with E-state index in [4.69, 9.17) is 0 Å². The van der Waals surface area contributed by atoms with Crippen molar-refractivity contribution in [1.82, 2.24) is 9.97 Å². The predicted octanol–water partition coefficient (Wildman–Crippen LogP) is 3.23. The summed E-state index contributed by atoms with van der Waals surface area (Å²) in [6, 6.07) is 16.6. The summed E-state index contributed by atoms with van der Waals surface area (Å²) in [5.41, 5.74) is 3.98. The number of aryl methyl sites for hydroxylation is 2. The monoisotopic (exact) mass is 333 g/mol. The zero-order valence-electron chi connectivity index (χ0n) is 14.2. The number of anilines is 1. The van der Waals surface area contributed by atoms with Gasteiger partial charge in [0.05, 0.1) is 6.42 Å². The maximum absolute atomic E-state index is 12.2. The minimum atomic E-state index is -0.198. The van der Waals surface area contributed by atoms with Crippen LogP contribution in [-0.4, -0.2) is 15.9 Å². The van der Waals surface area contributed by atoms with Crippen LogP contribution < -0.4 is 10.9 Å². The predicted molar refractivity (Wildman–Crippen MR) is 98.5 cm³/mol. The van der Waals surface area contributed by atoms with Gasteiger partial charge in [-0.2, -0.15) is 0 Å². The van der Waals surface area contributed by atoms with E-state index in [0.29, 0.717) is 23.6 Å². The highest BCUT2D eigenvalue weighted by atomic mass is 16.1. The van der Waals surface area contributed by atoms with Crippen LogP contribution in [0.5, 0.6) is 0 Å². The summed E-state index contributed by atoms with van der Waals surface area (Å²) < 4.78 is 0. The molecule has 0 aliphatic rings. The van der Waals surface area contributed by atoms with Gasteiger partial charge >= 0.3 is 0 Å². The molecule has 0 bridgehead atoms. The lowest BCUT2D eigenvalue weighted by Crippen LogP contribution is -2.14. The third-order valence-corrected chi connectivity index (χ3v) is 3.77. The normalized spacial score (nSPS) is 10.5. The van der Waals surface area contributed by atoms with E-state index >= 15 is 0 Å². The second-order valence-corrected chi connectivity index (χ2v) is 6.03. The molecule has 1 amide bonds. The number of rotatable bonds is 4. The quantitative estimate of drug-likeness (QED) is 0.770. The van der Waals surface area contributed by atoms with Gasteiger partial charge in [-0.05, 0) is 31.5 Å². The van der Waals surface area contributed by atoms with E-state index in [0.717, 1.165) is 16.7 Å². The van der Waals surface area contributed by atoms with Gasteiger partial charge in [0.25, 0.3) is 5.56 Å². The van der Waals surface area contributed by atoms with Crippen molar-refractivity contribution in [3.63, 3.8) is 0 Å². The first-order valence-corrected chi connectivity index (χ1v) is 8.03. The minimum Gasteiger partial charge on any atom is -0.326 e. The topological polar surface area (TPSA) is 74.8 Å². The Morgan fingerprint density at radius 2 is 1.84 bits per heavy atom. The second kappa shape index (κ2) is 7.13. The number of nitrogens with one attached hydrogen (secondary N) is 2. The number of aromatic amines is 1. The summed E-state index contributed by atoms with van der Waals surface area (Å²) in [6.45, 7) is 3.78. The Bertz CT molecular complexity index is 959. The largest absolute Gasteiger partial charge is 0.326 e. The van der Waals surface area contributed by atoms with Crippen molar-refractivity contribution < 1.29 is 4.79 Å². The smallest absolute Gasteiger partial charge is 0.251 e. The molecule has 1 heterocycles. The fraction of sp³-hybridized carbons (Fsp3) is 0.150. The molecule has 0 fully saturated rings. The molecule has 5 nitrogen and oxygen atoms in total. The molecule has 0 unspecified atom stereocenters. The third-order valence-electron chi connectivity index (χ3n) is 3.77. The first-order valence-electron chi connectivity index (χ1n) is 8.03. The minimum absolute atomic E-state index is 0.0910. The molecule has 126 valence electrons. The molecule has 3 aromatic rings. The standard InChI is InChI=1S/C20H19N3O2/c1-13-6-8-15(9-7-13)11-19(25)22-17-5-3-4-16(12-17)20-21-14(2)10-18(24)23-20/h3-10,12H,11H2,1-2H3,(H,22,25)(H,21,23,24). The fourth-order valence-electron chi connectivity index (χ4n) is 2.56. The van der Waals surface area contributed by atoms with Gasteiger partial charge in [0.2, 0.25) is 5.91 Å². The highest BCUT2D eigenvalue weighted by molar-refractivity contribution is 5.92. The van der Waals surface area contributed by atoms with Crippen LogP contribution in [0.2, 0.25) is 0 Å². The number of hydrogen-bond acceptors (Lipinski definition) is 3. The van der Waals surface area contributed by atoms with Crippen LogP contribution in [0, 0.1) is 13.8 Å². The number of H-pyrrole nitrogens is 1. The number of aromatic nitrogens is 2. The zero-order chi connectivity index (χ0) is 17.8. The number of carbonyl (C=O) groups is 1. The van der Waals surface area contributed by atoms with Gasteiger partial charge < -0.3 is 10.3 Å². The van der Waals surface area contributed by atoms with Crippen LogP contribution in [0.1, 0.15) is 16.8 Å². The zero-order valence-corrected chi connectivity index (χ0v) is 14.2. The lowest BCUT2D eigenvalue weighted by Gasteiger charge is -2.08. The van der Waals surface area contributed by atoms with Gasteiger partial charge in [0, 0.05) is 23.0 Å². The van der Waals surface area contributed by atoms with Crippen LogP contribution in [0.3, 0.4) is 0 Å². The van der Waals surface area contributed by atoms with Crippen molar-refractivity contribution in [2.45, 2.75) is 20.3 Å². The van der Waals surface area contributed by atoms with Crippen LogP contribution in [0.25, 0.3) is 11.4 Å². The third kappa shape index (κ3) is 4.41. The van der Waals surface area contributed by atoms with Crippen molar-refractivity contribution in [1.29, 1.82) is 0 Å². The number of hydrogen-bond donors (Lipinski definition) is 2. The van der Waals surface area contributed by atoms with Crippen LogP contribution >= 0.6 is 0 Å². The SMILES string of the molecule is Cc1ccc(CC(=O)Nc2cccc(-c3nc(C)cc(=O)[nH]3)c2)cc1. The van der Waals surface area contributed by atoms with Crippen LogP contribution in [0.4, 0.5) is 5.69 Å². The highest BCUT2D eigenvalue weighted by Crippen LogP contribution is 2.19.